The zero-order valence-electron chi connectivity index (χ0n) is 21.2. The minimum absolute atomic E-state index is 0.186. The SMILES string of the molecule is C[C@@H]1C[C@H](C)CN(c2ccncc2CCc2ccc(F)c(-c3c(F)cc(C(C)(C)C#N)cc3F)n2)C1. The van der Waals surface area contributed by atoms with Gasteiger partial charge >= 0.3 is 0 Å². The molecule has 4 nitrogen and oxygen atoms in total. The fourth-order valence-corrected chi connectivity index (χ4v) is 5.07. The second-order valence-corrected chi connectivity index (χ2v) is 10.5. The molecule has 0 bridgehead atoms. The summed E-state index contributed by atoms with van der Waals surface area (Å²) < 4.78 is 44.7. The molecule has 1 fully saturated rings. The Morgan fingerprint density at radius 1 is 1.00 bits per heavy atom. The zero-order chi connectivity index (χ0) is 26.0. The van der Waals surface area contributed by atoms with E-state index in [0.29, 0.717) is 30.4 Å². The highest BCUT2D eigenvalue weighted by Gasteiger charge is 2.26. The minimum Gasteiger partial charge on any atom is -0.371 e. The molecule has 2 atom stereocenters. The van der Waals surface area contributed by atoms with Crippen molar-refractivity contribution in [3.63, 3.8) is 0 Å². The van der Waals surface area contributed by atoms with Crippen molar-refractivity contribution in [3.05, 3.63) is 77.0 Å². The molecule has 0 aliphatic carbocycles. The maximum absolute atomic E-state index is 15.0. The number of benzene rings is 1. The van der Waals surface area contributed by atoms with E-state index in [-0.39, 0.29) is 11.3 Å². The standard InChI is InChI=1S/C29H31F3N4/c1-18-11-19(2)16-36(15-18)26-9-10-34-14-20(26)5-6-22-7-8-23(30)28(35-22)27-24(31)12-21(13-25(27)32)29(3,4)17-33/h7-10,12-14,18-19H,5-6,11,15-16H2,1-4H3/t18-,19+. The van der Waals surface area contributed by atoms with Crippen molar-refractivity contribution in [2.45, 2.75) is 52.4 Å². The van der Waals surface area contributed by atoms with Crippen molar-refractivity contribution in [2.24, 2.45) is 11.8 Å². The van der Waals surface area contributed by atoms with E-state index in [1.54, 1.807) is 26.1 Å². The molecule has 1 saturated heterocycles. The minimum atomic E-state index is -1.08. The monoisotopic (exact) mass is 492 g/mol. The van der Waals surface area contributed by atoms with Crippen LogP contribution in [-0.2, 0) is 18.3 Å². The highest BCUT2D eigenvalue weighted by Crippen LogP contribution is 2.33. The van der Waals surface area contributed by atoms with E-state index >= 15 is 0 Å². The predicted molar refractivity (Wildman–Crippen MR) is 135 cm³/mol. The van der Waals surface area contributed by atoms with Crippen LogP contribution in [0.5, 0.6) is 0 Å². The van der Waals surface area contributed by atoms with Crippen LogP contribution >= 0.6 is 0 Å². The molecule has 1 aliphatic rings. The molecule has 0 amide bonds. The number of piperidine rings is 1. The summed E-state index contributed by atoms with van der Waals surface area (Å²) in [6.07, 6.45) is 5.92. The van der Waals surface area contributed by atoms with Gasteiger partial charge in [-0.3, -0.25) is 4.98 Å². The van der Waals surface area contributed by atoms with Crippen molar-refractivity contribution in [1.82, 2.24) is 9.97 Å². The lowest BCUT2D eigenvalue weighted by molar-refractivity contribution is 0.356. The van der Waals surface area contributed by atoms with E-state index in [1.807, 2.05) is 18.3 Å². The quantitative estimate of drug-likeness (QED) is 0.388. The molecule has 0 saturated carbocycles. The van der Waals surface area contributed by atoms with Gasteiger partial charge in [0.05, 0.1) is 17.0 Å². The molecule has 36 heavy (non-hydrogen) atoms. The van der Waals surface area contributed by atoms with Crippen LogP contribution in [0.3, 0.4) is 0 Å². The first-order valence-electron chi connectivity index (χ1n) is 12.3. The lowest BCUT2D eigenvalue weighted by atomic mass is 9.85. The number of rotatable bonds is 6. The number of pyridine rings is 2. The van der Waals surface area contributed by atoms with Crippen molar-refractivity contribution in [1.29, 1.82) is 5.26 Å². The molecule has 0 unspecified atom stereocenters. The van der Waals surface area contributed by atoms with Gasteiger partial charge in [-0.1, -0.05) is 13.8 Å². The lowest BCUT2D eigenvalue weighted by Gasteiger charge is -2.37. The van der Waals surface area contributed by atoms with Gasteiger partial charge in [-0.2, -0.15) is 5.26 Å². The Kier molecular flexibility index (Phi) is 7.35. The summed E-state index contributed by atoms with van der Waals surface area (Å²) in [4.78, 5) is 11.0. The van der Waals surface area contributed by atoms with Crippen LogP contribution in [0.25, 0.3) is 11.3 Å². The van der Waals surface area contributed by atoms with Crippen molar-refractivity contribution >= 4 is 5.69 Å². The molecule has 0 radical (unpaired) electrons. The Morgan fingerprint density at radius 3 is 2.31 bits per heavy atom. The average Bonchev–Trinajstić information content (AvgIpc) is 2.83. The summed E-state index contributed by atoms with van der Waals surface area (Å²) in [5.41, 5.74) is 0.941. The Labute approximate surface area is 210 Å². The third kappa shape index (κ3) is 5.38. The fourth-order valence-electron chi connectivity index (χ4n) is 5.07. The number of aryl methyl sites for hydroxylation is 2. The van der Waals surface area contributed by atoms with Crippen molar-refractivity contribution in [3.8, 4) is 17.3 Å². The first-order chi connectivity index (χ1) is 17.1. The van der Waals surface area contributed by atoms with Gasteiger partial charge in [0, 0.05) is 36.9 Å². The topological polar surface area (TPSA) is 52.8 Å². The number of anilines is 1. The number of hydrogen-bond acceptors (Lipinski definition) is 4. The molecule has 0 spiro atoms. The molecule has 1 aliphatic heterocycles. The van der Waals surface area contributed by atoms with Gasteiger partial charge in [0.25, 0.3) is 0 Å². The molecule has 4 rings (SSSR count). The van der Waals surface area contributed by atoms with Crippen LogP contribution in [0.1, 0.15) is 50.9 Å². The largest absolute Gasteiger partial charge is 0.371 e. The third-order valence-corrected chi connectivity index (χ3v) is 6.92. The van der Waals surface area contributed by atoms with Crippen LogP contribution in [0, 0.1) is 40.6 Å². The Morgan fingerprint density at radius 2 is 1.67 bits per heavy atom. The zero-order valence-corrected chi connectivity index (χ0v) is 21.2. The van der Waals surface area contributed by atoms with E-state index in [4.69, 9.17) is 0 Å². The number of nitrogens with zero attached hydrogens (tertiary/aromatic N) is 4. The van der Waals surface area contributed by atoms with Gasteiger partial charge in [0.15, 0.2) is 0 Å². The number of halogens is 3. The summed E-state index contributed by atoms with van der Waals surface area (Å²) in [5, 5.41) is 9.30. The Hall–Kier alpha value is -3.40. The molecule has 3 aromatic rings. The van der Waals surface area contributed by atoms with Gasteiger partial charge in [0.2, 0.25) is 0 Å². The van der Waals surface area contributed by atoms with Crippen molar-refractivity contribution < 1.29 is 13.2 Å². The summed E-state index contributed by atoms with van der Waals surface area (Å²) in [6, 6.07) is 8.96. The van der Waals surface area contributed by atoms with E-state index < -0.39 is 28.4 Å². The van der Waals surface area contributed by atoms with E-state index in [1.165, 1.54) is 12.5 Å². The normalized spacial score (nSPS) is 18.2. The summed E-state index contributed by atoms with van der Waals surface area (Å²) in [6.45, 7) is 9.63. The van der Waals surface area contributed by atoms with Crippen molar-refractivity contribution in [2.75, 3.05) is 18.0 Å². The van der Waals surface area contributed by atoms with E-state index in [0.717, 1.165) is 36.5 Å². The maximum atomic E-state index is 15.0. The summed E-state index contributed by atoms with van der Waals surface area (Å²) >= 11 is 0. The number of nitriles is 1. The first kappa shape index (κ1) is 25.7. The molecule has 188 valence electrons. The Bertz CT molecular complexity index is 1260. The van der Waals surface area contributed by atoms with Crippen LogP contribution in [0.15, 0.2) is 42.7 Å². The molecule has 3 heterocycles. The van der Waals surface area contributed by atoms with Gasteiger partial charge in [0.1, 0.15) is 23.1 Å². The third-order valence-electron chi connectivity index (χ3n) is 6.92. The van der Waals surface area contributed by atoms with Gasteiger partial charge in [-0.15, -0.1) is 0 Å². The summed E-state index contributed by atoms with van der Waals surface area (Å²) in [7, 11) is 0. The highest BCUT2D eigenvalue weighted by molar-refractivity contribution is 5.63. The maximum Gasteiger partial charge on any atom is 0.149 e. The molecular formula is C29H31F3N4. The molecule has 0 N–H and O–H groups in total. The highest BCUT2D eigenvalue weighted by atomic mass is 19.1. The first-order valence-corrected chi connectivity index (χ1v) is 12.3. The molecular weight excluding hydrogens is 461 g/mol. The molecule has 1 aromatic carbocycles. The number of aromatic nitrogens is 2. The predicted octanol–water partition coefficient (Wildman–Crippen LogP) is 6.63. The lowest BCUT2D eigenvalue weighted by Crippen LogP contribution is -2.39. The van der Waals surface area contributed by atoms with Crippen LogP contribution in [-0.4, -0.2) is 23.1 Å². The second-order valence-electron chi connectivity index (χ2n) is 10.5. The van der Waals surface area contributed by atoms with Crippen LogP contribution < -0.4 is 4.90 Å². The van der Waals surface area contributed by atoms with E-state index in [2.05, 4.69) is 28.7 Å². The van der Waals surface area contributed by atoms with Gasteiger partial charge in [-0.25, -0.2) is 18.2 Å². The second kappa shape index (κ2) is 10.3. The van der Waals surface area contributed by atoms with Crippen LogP contribution in [0.2, 0.25) is 0 Å². The fraction of sp³-hybridized carbons (Fsp3) is 0.414. The van der Waals surface area contributed by atoms with Crippen LogP contribution in [0.4, 0.5) is 18.9 Å². The molecule has 7 heteroatoms. The number of hydrogen-bond donors (Lipinski definition) is 0. The van der Waals surface area contributed by atoms with Gasteiger partial charge in [-0.05, 0) is 86.4 Å². The smallest absolute Gasteiger partial charge is 0.149 e. The van der Waals surface area contributed by atoms with E-state index in [9.17, 15) is 18.4 Å². The van der Waals surface area contributed by atoms with Gasteiger partial charge < -0.3 is 4.90 Å². The Balaban J connectivity index is 1.60. The summed E-state index contributed by atoms with van der Waals surface area (Å²) in [5.74, 6) is -1.49. The molecule has 2 aromatic heterocycles. The average molecular weight is 493 g/mol.